The first-order valence-corrected chi connectivity index (χ1v) is 9.70. The zero-order valence-corrected chi connectivity index (χ0v) is 15.4. The molecule has 2 atom stereocenters. The van der Waals surface area contributed by atoms with Crippen LogP contribution in [0.2, 0.25) is 0 Å². The molecule has 4 rings (SSSR count). The first-order chi connectivity index (χ1) is 12.7. The molecule has 138 valence electrons. The van der Waals surface area contributed by atoms with Gasteiger partial charge in [-0.15, -0.1) is 0 Å². The van der Waals surface area contributed by atoms with Crippen molar-refractivity contribution in [3.05, 3.63) is 53.4 Å². The molecule has 0 radical (unpaired) electrons. The summed E-state index contributed by atoms with van der Waals surface area (Å²) in [5, 5.41) is 4.17. The molecule has 1 aromatic carbocycles. The predicted octanol–water partition coefficient (Wildman–Crippen LogP) is 3.56. The molecule has 0 bridgehead atoms. The maximum absolute atomic E-state index is 13.2. The predicted molar refractivity (Wildman–Crippen MR) is 99.4 cm³/mol. The SMILES string of the molecule is Cc1cc(C2CCCN2C(=O)C2CCCN(Cc3ccccc3)C2)no1. The molecule has 0 aliphatic carbocycles. The van der Waals surface area contributed by atoms with Gasteiger partial charge in [0.05, 0.1) is 12.0 Å². The number of likely N-dealkylation sites (tertiary alicyclic amines) is 2. The van der Waals surface area contributed by atoms with E-state index in [0.29, 0.717) is 5.91 Å². The summed E-state index contributed by atoms with van der Waals surface area (Å²) in [7, 11) is 0. The second kappa shape index (κ2) is 7.62. The highest BCUT2D eigenvalue weighted by Crippen LogP contribution is 2.34. The van der Waals surface area contributed by atoms with Gasteiger partial charge in [0, 0.05) is 25.7 Å². The summed E-state index contributed by atoms with van der Waals surface area (Å²) in [6.07, 6.45) is 4.11. The first kappa shape index (κ1) is 17.3. The minimum Gasteiger partial charge on any atom is -0.361 e. The Morgan fingerprint density at radius 3 is 2.77 bits per heavy atom. The fourth-order valence-electron chi connectivity index (χ4n) is 4.36. The van der Waals surface area contributed by atoms with Crippen LogP contribution in [0.1, 0.15) is 48.7 Å². The second-order valence-corrected chi connectivity index (χ2v) is 7.61. The third-order valence-electron chi connectivity index (χ3n) is 5.63. The van der Waals surface area contributed by atoms with E-state index in [2.05, 4.69) is 34.3 Å². The molecule has 3 heterocycles. The van der Waals surface area contributed by atoms with Crippen LogP contribution in [0.15, 0.2) is 40.9 Å². The summed E-state index contributed by atoms with van der Waals surface area (Å²) in [6, 6.07) is 12.6. The molecule has 2 unspecified atom stereocenters. The molecule has 0 N–H and O–H groups in total. The molecule has 2 saturated heterocycles. The van der Waals surface area contributed by atoms with Crippen LogP contribution in [0.25, 0.3) is 0 Å². The Kier molecular flexibility index (Phi) is 5.07. The lowest BCUT2D eigenvalue weighted by Gasteiger charge is -2.35. The molecule has 0 spiro atoms. The number of hydrogen-bond donors (Lipinski definition) is 0. The van der Waals surface area contributed by atoms with Gasteiger partial charge in [0.15, 0.2) is 0 Å². The number of aryl methyl sites for hydroxylation is 1. The minimum atomic E-state index is 0.0875. The Balaban J connectivity index is 1.42. The monoisotopic (exact) mass is 353 g/mol. The van der Waals surface area contributed by atoms with Crippen molar-refractivity contribution in [3.63, 3.8) is 0 Å². The topological polar surface area (TPSA) is 49.6 Å². The third kappa shape index (κ3) is 3.68. The van der Waals surface area contributed by atoms with Crippen LogP contribution in [-0.2, 0) is 11.3 Å². The molecule has 1 amide bonds. The van der Waals surface area contributed by atoms with Gasteiger partial charge in [-0.1, -0.05) is 35.5 Å². The zero-order chi connectivity index (χ0) is 17.9. The highest BCUT2D eigenvalue weighted by molar-refractivity contribution is 5.80. The summed E-state index contributed by atoms with van der Waals surface area (Å²) in [5.74, 6) is 1.21. The van der Waals surface area contributed by atoms with E-state index in [1.807, 2.05) is 24.0 Å². The maximum Gasteiger partial charge on any atom is 0.227 e. The Hall–Kier alpha value is -2.14. The van der Waals surface area contributed by atoms with E-state index < -0.39 is 0 Å². The molecular formula is C21H27N3O2. The number of carbonyl (C=O) groups is 1. The molecule has 5 nitrogen and oxygen atoms in total. The number of benzene rings is 1. The van der Waals surface area contributed by atoms with Crippen molar-refractivity contribution < 1.29 is 9.32 Å². The number of hydrogen-bond acceptors (Lipinski definition) is 4. The van der Waals surface area contributed by atoms with E-state index in [1.165, 1.54) is 5.56 Å². The number of carbonyl (C=O) groups excluding carboxylic acids is 1. The largest absolute Gasteiger partial charge is 0.361 e. The van der Waals surface area contributed by atoms with Gasteiger partial charge in [-0.25, -0.2) is 0 Å². The molecule has 2 aliphatic rings. The smallest absolute Gasteiger partial charge is 0.227 e. The van der Waals surface area contributed by atoms with E-state index in [9.17, 15) is 4.79 Å². The van der Waals surface area contributed by atoms with Crippen LogP contribution < -0.4 is 0 Å². The van der Waals surface area contributed by atoms with Gasteiger partial charge in [-0.2, -0.15) is 0 Å². The van der Waals surface area contributed by atoms with Gasteiger partial charge in [-0.3, -0.25) is 9.69 Å². The van der Waals surface area contributed by atoms with Gasteiger partial charge in [0.1, 0.15) is 11.5 Å². The number of nitrogens with zero attached hydrogens (tertiary/aromatic N) is 3. The summed E-state index contributed by atoms with van der Waals surface area (Å²) < 4.78 is 5.24. The van der Waals surface area contributed by atoms with E-state index in [0.717, 1.165) is 63.3 Å². The lowest BCUT2D eigenvalue weighted by Crippen LogP contribution is -2.44. The number of aromatic nitrogens is 1. The van der Waals surface area contributed by atoms with Crippen molar-refractivity contribution in [3.8, 4) is 0 Å². The highest BCUT2D eigenvalue weighted by atomic mass is 16.5. The molecule has 2 aromatic rings. The molecule has 26 heavy (non-hydrogen) atoms. The Morgan fingerprint density at radius 2 is 2.00 bits per heavy atom. The molecule has 2 aliphatic heterocycles. The van der Waals surface area contributed by atoms with Crippen molar-refractivity contribution in [2.45, 2.75) is 45.2 Å². The molecule has 1 aromatic heterocycles. The summed E-state index contributed by atoms with van der Waals surface area (Å²) in [4.78, 5) is 17.7. The Bertz CT molecular complexity index is 743. The first-order valence-electron chi connectivity index (χ1n) is 9.70. The molecule has 0 saturated carbocycles. The Morgan fingerprint density at radius 1 is 1.19 bits per heavy atom. The minimum absolute atomic E-state index is 0.0875. The van der Waals surface area contributed by atoms with Gasteiger partial charge in [0.25, 0.3) is 0 Å². The standard InChI is InChI=1S/C21H27N3O2/c1-16-13-19(22-26-16)20-10-6-12-24(20)21(25)18-9-5-11-23(15-18)14-17-7-3-2-4-8-17/h2-4,7-8,13,18,20H,5-6,9-12,14-15H2,1H3. The van der Waals surface area contributed by atoms with Crippen LogP contribution in [0.3, 0.4) is 0 Å². The van der Waals surface area contributed by atoms with Crippen LogP contribution in [0, 0.1) is 12.8 Å². The lowest BCUT2D eigenvalue weighted by atomic mass is 9.95. The second-order valence-electron chi connectivity index (χ2n) is 7.61. The fraction of sp³-hybridized carbons (Fsp3) is 0.524. The zero-order valence-electron chi connectivity index (χ0n) is 15.4. The van der Waals surface area contributed by atoms with Crippen LogP contribution in [0.4, 0.5) is 0 Å². The molecular weight excluding hydrogens is 326 g/mol. The molecule has 2 fully saturated rings. The number of rotatable bonds is 4. The fourth-order valence-corrected chi connectivity index (χ4v) is 4.36. The van der Waals surface area contributed by atoms with Crippen molar-refractivity contribution in [1.82, 2.24) is 15.0 Å². The van der Waals surface area contributed by atoms with E-state index in [1.54, 1.807) is 0 Å². The van der Waals surface area contributed by atoms with Crippen molar-refractivity contribution in [1.29, 1.82) is 0 Å². The van der Waals surface area contributed by atoms with E-state index in [-0.39, 0.29) is 12.0 Å². The average molecular weight is 353 g/mol. The van der Waals surface area contributed by atoms with Crippen molar-refractivity contribution in [2.24, 2.45) is 5.92 Å². The molecule has 5 heteroatoms. The summed E-state index contributed by atoms with van der Waals surface area (Å²) in [6.45, 7) is 5.60. The normalized spacial score (nSPS) is 24.1. The number of piperidine rings is 1. The van der Waals surface area contributed by atoms with Crippen molar-refractivity contribution in [2.75, 3.05) is 19.6 Å². The van der Waals surface area contributed by atoms with E-state index >= 15 is 0 Å². The third-order valence-corrected chi connectivity index (χ3v) is 5.63. The maximum atomic E-state index is 13.2. The van der Waals surface area contributed by atoms with Gasteiger partial charge in [-0.05, 0) is 44.7 Å². The quantitative estimate of drug-likeness (QED) is 0.843. The highest BCUT2D eigenvalue weighted by Gasteiger charge is 2.37. The van der Waals surface area contributed by atoms with Crippen LogP contribution >= 0.6 is 0 Å². The van der Waals surface area contributed by atoms with E-state index in [4.69, 9.17) is 4.52 Å². The lowest BCUT2D eigenvalue weighted by molar-refractivity contribution is -0.138. The average Bonchev–Trinajstić information content (AvgIpc) is 3.31. The van der Waals surface area contributed by atoms with Gasteiger partial charge in [0.2, 0.25) is 5.91 Å². The van der Waals surface area contributed by atoms with Gasteiger partial charge >= 0.3 is 0 Å². The Labute approximate surface area is 155 Å². The number of amides is 1. The van der Waals surface area contributed by atoms with Crippen molar-refractivity contribution >= 4 is 5.91 Å². The van der Waals surface area contributed by atoms with Crippen LogP contribution in [0.5, 0.6) is 0 Å². The summed E-state index contributed by atoms with van der Waals surface area (Å²) in [5.41, 5.74) is 2.23. The van der Waals surface area contributed by atoms with Gasteiger partial charge < -0.3 is 9.42 Å². The summed E-state index contributed by atoms with van der Waals surface area (Å²) >= 11 is 0. The van der Waals surface area contributed by atoms with Crippen LogP contribution in [-0.4, -0.2) is 40.5 Å².